The topological polar surface area (TPSA) is 46.0 Å². The number of aromatic hydroxyl groups is 1. The number of benzene rings is 1. The first-order chi connectivity index (χ1) is 6.75. The average Bonchev–Trinajstić information content (AvgIpc) is 2.18. The molecule has 70 valence electrons. The van der Waals surface area contributed by atoms with E-state index in [1.807, 2.05) is 6.07 Å². The van der Waals surface area contributed by atoms with E-state index in [0.717, 1.165) is 11.1 Å². The molecule has 0 saturated carbocycles. The van der Waals surface area contributed by atoms with Crippen LogP contribution in [0.3, 0.4) is 0 Å². The Morgan fingerprint density at radius 3 is 2.71 bits per heavy atom. The van der Waals surface area contributed by atoms with Gasteiger partial charge in [-0.2, -0.15) is 5.10 Å². The second-order valence-electron chi connectivity index (χ2n) is 2.82. The van der Waals surface area contributed by atoms with Crippen LogP contribution in [0.5, 0.6) is 5.75 Å². The molecule has 2 aromatic rings. The van der Waals surface area contributed by atoms with E-state index in [1.165, 1.54) is 0 Å². The van der Waals surface area contributed by atoms with Crippen LogP contribution in [0.4, 0.5) is 0 Å². The Bertz CT molecular complexity index is 416. The Labute approximate surface area is 86.0 Å². The molecule has 1 aromatic heterocycles. The summed E-state index contributed by atoms with van der Waals surface area (Å²) in [5, 5.41) is 17.0. The summed E-state index contributed by atoms with van der Waals surface area (Å²) < 4.78 is 0. The van der Waals surface area contributed by atoms with Gasteiger partial charge in [-0.05, 0) is 23.8 Å². The highest BCUT2D eigenvalue weighted by Crippen LogP contribution is 2.23. The van der Waals surface area contributed by atoms with E-state index in [4.69, 9.17) is 11.6 Å². The molecular weight excluding hydrogens is 200 g/mol. The first-order valence-corrected chi connectivity index (χ1v) is 4.41. The highest BCUT2D eigenvalue weighted by molar-refractivity contribution is 6.29. The minimum atomic E-state index is 0.218. The number of hydrogen-bond donors (Lipinski definition) is 1. The summed E-state index contributed by atoms with van der Waals surface area (Å²) >= 11 is 5.70. The first kappa shape index (κ1) is 8.97. The minimum Gasteiger partial charge on any atom is -0.508 e. The van der Waals surface area contributed by atoms with E-state index in [2.05, 4.69) is 10.2 Å². The molecule has 0 radical (unpaired) electrons. The maximum absolute atomic E-state index is 9.27. The van der Waals surface area contributed by atoms with Crippen molar-refractivity contribution in [1.82, 2.24) is 10.2 Å². The molecule has 4 heteroatoms. The van der Waals surface area contributed by atoms with Gasteiger partial charge in [-0.3, -0.25) is 0 Å². The number of hydrogen-bond acceptors (Lipinski definition) is 3. The molecule has 0 unspecified atom stereocenters. The summed E-state index contributed by atoms with van der Waals surface area (Å²) in [6.45, 7) is 0. The zero-order chi connectivity index (χ0) is 9.97. The Kier molecular flexibility index (Phi) is 2.33. The molecule has 0 aliphatic rings. The summed E-state index contributed by atoms with van der Waals surface area (Å²) in [6, 6.07) is 8.59. The fraction of sp³-hybridized carbons (Fsp3) is 0. The van der Waals surface area contributed by atoms with E-state index in [-0.39, 0.29) is 5.75 Å². The largest absolute Gasteiger partial charge is 0.508 e. The number of phenols is 1. The minimum absolute atomic E-state index is 0.218. The van der Waals surface area contributed by atoms with E-state index >= 15 is 0 Å². The van der Waals surface area contributed by atoms with Crippen LogP contribution in [0.15, 0.2) is 36.5 Å². The number of nitrogens with zero attached hydrogens (tertiary/aromatic N) is 2. The third-order valence-electron chi connectivity index (χ3n) is 1.80. The molecule has 0 atom stereocenters. The Hall–Kier alpha value is -1.61. The normalized spacial score (nSPS) is 10.1. The molecule has 0 aliphatic carbocycles. The zero-order valence-corrected chi connectivity index (χ0v) is 7.94. The summed E-state index contributed by atoms with van der Waals surface area (Å²) in [7, 11) is 0. The molecule has 1 N–H and O–H groups in total. The van der Waals surface area contributed by atoms with Gasteiger partial charge in [0, 0.05) is 5.56 Å². The van der Waals surface area contributed by atoms with Gasteiger partial charge < -0.3 is 5.11 Å². The lowest BCUT2D eigenvalue weighted by Crippen LogP contribution is -1.84. The predicted molar refractivity (Wildman–Crippen MR) is 54.1 cm³/mol. The van der Waals surface area contributed by atoms with E-state index in [1.54, 1.807) is 30.5 Å². The van der Waals surface area contributed by atoms with Gasteiger partial charge in [0.1, 0.15) is 5.75 Å². The second kappa shape index (κ2) is 3.64. The third kappa shape index (κ3) is 1.83. The molecule has 1 heterocycles. The van der Waals surface area contributed by atoms with Gasteiger partial charge in [-0.1, -0.05) is 23.7 Å². The maximum Gasteiger partial charge on any atom is 0.152 e. The van der Waals surface area contributed by atoms with Gasteiger partial charge in [-0.15, -0.1) is 5.10 Å². The van der Waals surface area contributed by atoms with Crippen molar-refractivity contribution in [3.63, 3.8) is 0 Å². The van der Waals surface area contributed by atoms with Gasteiger partial charge in [0.25, 0.3) is 0 Å². The first-order valence-electron chi connectivity index (χ1n) is 4.03. The summed E-state index contributed by atoms with van der Waals surface area (Å²) in [5.41, 5.74) is 1.70. The molecule has 1 aromatic carbocycles. The molecule has 0 aliphatic heterocycles. The molecule has 2 rings (SSSR count). The van der Waals surface area contributed by atoms with E-state index < -0.39 is 0 Å². The van der Waals surface area contributed by atoms with Crippen LogP contribution in [0.25, 0.3) is 11.1 Å². The van der Waals surface area contributed by atoms with Crippen molar-refractivity contribution < 1.29 is 5.11 Å². The molecule has 0 spiro atoms. The molecule has 3 nitrogen and oxygen atoms in total. The van der Waals surface area contributed by atoms with Gasteiger partial charge in [0.15, 0.2) is 5.15 Å². The van der Waals surface area contributed by atoms with Gasteiger partial charge >= 0.3 is 0 Å². The van der Waals surface area contributed by atoms with Crippen LogP contribution in [-0.2, 0) is 0 Å². The lowest BCUT2D eigenvalue weighted by Gasteiger charge is -2.00. The van der Waals surface area contributed by atoms with Gasteiger partial charge in [-0.25, -0.2) is 0 Å². The average molecular weight is 207 g/mol. The highest BCUT2D eigenvalue weighted by atomic mass is 35.5. The number of halogens is 1. The van der Waals surface area contributed by atoms with Crippen molar-refractivity contribution in [2.45, 2.75) is 0 Å². The van der Waals surface area contributed by atoms with Crippen LogP contribution >= 0.6 is 11.6 Å². The monoisotopic (exact) mass is 206 g/mol. The SMILES string of the molecule is Oc1cccc(-c2cnnc(Cl)c2)c1. The van der Waals surface area contributed by atoms with Gasteiger partial charge in [0.2, 0.25) is 0 Å². The maximum atomic E-state index is 9.27. The smallest absolute Gasteiger partial charge is 0.152 e. The molecule has 0 fully saturated rings. The fourth-order valence-electron chi connectivity index (χ4n) is 1.18. The van der Waals surface area contributed by atoms with Crippen LogP contribution in [0.1, 0.15) is 0 Å². The lowest BCUT2D eigenvalue weighted by molar-refractivity contribution is 0.475. The Morgan fingerprint density at radius 1 is 1.14 bits per heavy atom. The molecule has 14 heavy (non-hydrogen) atoms. The van der Waals surface area contributed by atoms with E-state index in [0.29, 0.717) is 5.15 Å². The van der Waals surface area contributed by atoms with Crippen molar-refractivity contribution in [1.29, 1.82) is 0 Å². The molecule has 0 bridgehead atoms. The molecule has 0 saturated heterocycles. The van der Waals surface area contributed by atoms with Crippen molar-refractivity contribution in [2.24, 2.45) is 0 Å². The number of aromatic nitrogens is 2. The van der Waals surface area contributed by atoms with Crippen LogP contribution < -0.4 is 0 Å². The fourth-order valence-corrected chi connectivity index (χ4v) is 1.35. The summed E-state index contributed by atoms with van der Waals surface area (Å²) in [5.74, 6) is 0.218. The predicted octanol–water partition coefficient (Wildman–Crippen LogP) is 2.50. The van der Waals surface area contributed by atoms with Crippen LogP contribution in [-0.4, -0.2) is 15.3 Å². The summed E-state index contributed by atoms with van der Waals surface area (Å²) in [4.78, 5) is 0. The molecular formula is C10H7ClN2O. The standard InChI is InChI=1S/C10H7ClN2O/c11-10-5-8(6-12-13-10)7-2-1-3-9(14)4-7/h1-6,14H. The van der Waals surface area contributed by atoms with Crippen molar-refractivity contribution in [3.8, 4) is 16.9 Å². The van der Waals surface area contributed by atoms with Crippen LogP contribution in [0, 0.1) is 0 Å². The number of rotatable bonds is 1. The third-order valence-corrected chi connectivity index (χ3v) is 1.99. The quantitative estimate of drug-likeness (QED) is 0.780. The van der Waals surface area contributed by atoms with Crippen molar-refractivity contribution in [3.05, 3.63) is 41.7 Å². The van der Waals surface area contributed by atoms with Crippen molar-refractivity contribution >= 4 is 11.6 Å². The highest BCUT2D eigenvalue weighted by Gasteiger charge is 2.00. The second-order valence-corrected chi connectivity index (χ2v) is 3.20. The lowest BCUT2D eigenvalue weighted by atomic mass is 10.1. The van der Waals surface area contributed by atoms with Gasteiger partial charge in [0.05, 0.1) is 6.20 Å². The Morgan fingerprint density at radius 2 is 2.00 bits per heavy atom. The van der Waals surface area contributed by atoms with E-state index in [9.17, 15) is 5.11 Å². The number of phenolic OH excluding ortho intramolecular Hbond substituents is 1. The molecule has 0 amide bonds. The zero-order valence-electron chi connectivity index (χ0n) is 7.18. The van der Waals surface area contributed by atoms with Crippen LogP contribution in [0.2, 0.25) is 5.15 Å². The Balaban J connectivity index is 2.49. The van der Waals surface area contributed by atoms with Crippen molar-refractivity contribution in [2.75, 3.05) is 0 Å². The summed E-state index contributed by atoms with van der Waals surface area (Å²) in [6.07, 6.45) is 1.60.